The summed E-state index contributed by atoms with van der Waals surface area (Å²) in [5.41, 5.74) is 4.21. The lowest BCUT2D eigenvalue weighted by Gasteiger charge is -2.29. The molecule has 182 valence electrons. The monoisotopic (exact) mass is 485 g/mol. The van der Waals surface area contributed by atoms with Crippen LogP contribution < -0.4 is 14.9 Å². The van der Waals surface area contributed by atoms with Crippen LogP contribution in [0.15, 0.2) is 63.8 Å². The minimum atomic E-state index is -3.93. The molecule has 0 bridgehead atoms. The molecule has 2 N–H and O–H groups in total. The van der Waals surface area contributed by atoms with Crippen LogP contribution in [0.4, 0.5) is 0 Å². The molecule has 3 heterocycles. The van der Waals surface area contributed by atoms with Crippen molar-refractivity contribution in [3.8, 4) is 5.88 Å². The molecule has 10 nitrogen and oxygen atoms in total. The summed E-state index contributed by atoms with van der Waals surface area (Å²) in [4.78, 5) is 17.6. The zero-order valence-corrected chi connectivity index (χ0v) is 21.1. The molecule has 0 aliphatic carbocycles. The Hall–Kier alpha value is -3.31. The van der Waals surface area contributed by atoms with Gasteiger partial charge in [0.25, 0.3) is 0 Å². The lowest BCUT2D eigenvalue weighted by molar-refractivity contribution is 0.225. The van der Waals surface area contributed by atoms with Crippen LogP contribution in [-0.2, 0) is 16.6 Å². The van der Waals surface area contributed by atoms with Gasteiger partial charge in [0.05, 0.1) is 24.0 Å². The fraction of sp³-hybridized carbons (Fsp3) is 0.391. The lowest BCUT2D eigenvalue weighted by Crippen LogP contribution is -2.45. The normalized spacial score (nSPS) is 16.0. The van der Waals surface area contributed by atoms with Crippen molar-refractivity contribution in [2.45, 2.75) is 57.7 Å². The number of aliphatic imine (C=N–C) groups is 2. The molecule has 11 heteroatoms. The van der Waals surface area contributed by atoms with Gasteiger partial charge in [-0.05, 0) is 52.8 Å². The van der Waals surface area contributed by atoms with Crippen molar-refractivity contribution >= 4 is 21.7 Å². The molecule has 2 aromatic rings. The zero-order chi connectivity index (χ0) is 25.1. The van der Waals surface area contributed by atoms with Crippen molar-refractivity contribution in [1.29, 1.82) is 0 Å². The van der Waals surface area contributed by atoms with Crippen LogP contribution in [0.25, 0.3) is 0 Å². The molecule has 0 aromatic carbocycles. The maximum absolute atomic E-state index is 13.2. The van der Waals surface area contributed by atoms with E-state index in [-0.39, 0.29) is 16.9 Å². The highest BCUT2D eigenvalue weighted by atomic mass is 32.2. The van der Waals surface area contributed by atoms with Gasteiger partial charge in [-0.25, -0.2) is 23.1 Å². The number of rotatable bonds is 7. The predicted molar refractivity (Wildman–Crippen MR) is 132 cm³/mol. The Balaban J connectivity index is 2.04. The van der Waals surface area contributed by atoms with Crippen LogP contribution in [-0.4, -0.2) is 53.8 Å². The molecule has 0 atom stereocenters. The van der Waals surface area contributed by atoms with E-state index in [4.69, 9.17) is 4.74 Å². The molecular formula is C23H31N7O3S. The molecule has 2 aromatic heterocycles. The number of hydrazine groups is 1. The van der Waals surface area contributed by atoms with Crippen LogP contribution in [0.5, 0.6) is 5.88 Å². The van der Waals surface area contributed by atoms with Crippen molar-refractivity contribution in [1.82, 2.24) is 25.1 Å². The zero-order valence-electron chi connectivity index (χ0n) is 20.3. The quantitative estimate of drug-likeness (QED) is 0.618. The van der Waals surface area contributed by atoms with E-state index >= 15 is 0 Å². The van der Waals surface area contributed by atoms with Gasteiger partial charge in [0.2, 0.25) is 15.9 Å². The van der Waals surface area contributed by atoms with Crippen molar-refractivity contribution < 1.29 is 13.2 Å². The Morgan fingerprint density at radius 3 is 2.62 bits per heavy atom. The Bertz CT molecular complexity index is 1220. The molecule has 1 aliphatic heterocycles. The van der Waals surface area contributed by atoms with Gasteiger partial charge in [-0.3, -0.25) is 20.4 Å². The summed E-state index contributed by atoms with van der Waals surface area (Å²) in [5.74, 6) is 0.806. The first kappa shape index (κ1) is 25.3. The second-order valence-electron chi connectivity index (χ2n) is 9.09. The summed E-state index contributed by atoms with van der Waals surface area (Å²) in [6, 6.07) is 7.09. The van der Waals surface area contributed by atoms with Gasteiger partial charge in [-0.2, -0.15) is 0 Å². The van der Waals surface area contributed by atoms with Crippen molar-refractivity contribution in [3.05, 3.63) is 60.2 Å². The molecule has 0 unspecified atom stereocenters. The number of hydrogen-bond donors (Lipinski definition) is 2. The highest BCUT2D eigenvalue weighted by molar-refractivity contribution is 7.89. The fourth-order valence-electron chi connectivity index (χ4n) is 3.00. The fourth-order valence-corrected chi connectivity index (χ4v) is 4.53. The van der Waals surface area contributed by atoms with Crippen LogP contribution in [0.2, 0.25) is 0 Å². The number of amidine groups is 2. The Labute approximate surface area is 200 Å². The molecule has 0 fully saturated rings. The Morgan fingerprint density at radius 1 is 1.26 bits per heavy atom. The number of likely N-dealkylation sites (N-methyl/N-ethyl adjacent to an activating group) is 1. The van der Waals surface area contributed by atoms with E-state index in [0.29, 0.717) is 29.5 Å². The van der Waals surface area contributed by atoms with E-state index in [1.807, 2.05) is 18.2 Å². The van der Waals surface area contributed by atoms with Crippen molar-refractivity contribution in [2.75, 3.05) is 7.05 Å². The third kappa shape index (κ3) is 6.39. The Morgan fingerprint density at radius 2 is 2.00 bits per heavy atom. The summed E-state index contributed by atoms with van der Waals surface area (Å²) in [6.07, 6.45) is 2.96. The standard InChI is InChI=1S/C23H31N7O3S/c1-15(2)33-22-19(34(31,32)29-23(4,5)6)12-17(13-26-22)21-27-20(16(3)30(7)28-21)25-14-18-10-8-9-11-24-18/h8-13,15,29H,3,14H2,1-2,4-7H3,(H,25,27,28). The van der Waals surface area contributed by atoms with Gasteiger partial charge >= 0.3 is 0 Å². The van der Waals surface area contributed by atoms with Gasteiger partial charge in [0, 0.05) is 30.5 Å². The number of nitrogens with zero attached hydrogens (tertiary/aromatic N) is 5. The minimum absolute atomic E-state index is 0.0220. The number of pyridine rings is 2. The van der Waals surface area contributed by atoms with Crippen LogP contribution >= 0.6 is 0 Å². The first-order valence-corrected chi connectivity index (χ1v) is 12.3. The molecule has 0 amide bonds. The molecule has 1 aliphatic rings. The average molecular weight is 486 g/mol. The van der Waals surface area contributed by atoms with Gasteiger partial charge in [0.1, 0.15) is 4.90 Å². The largest absolute Gasteiger partial charge is 0.474 e. The van der Waals surface area contributed by atoms with E-state index in [0.717, 1.165) is 5.69 Å². The second-order valence-corrected chi connectivity index (χ2v) is 10.7. The minimum Gasteiger partial charge on any atom is -0.474 e. The highest BCUT2D eigenvalue weighted by Gasteiger charge is 2.29. The number of ether oxygens (including phenoxy) is 1. The summed E-state index contributed by atoms with van der Waals surface area (Å²) in [6.45, 7) is 13.3. The number of aromatic nitrogens is 2. The van der Waals surface area contributed by atoms with E-state index in [1.54, 1.807) is 52.9 Å². The third-order valence-electron chi connectivity index (χ3n) is 4.44. The van der Waals surface area contributed by atoms with Gasteiger partial charge in [-0.1, -0.05) is 12.6 Å². The predicted octanol–water partition coefficient (Wildman–Crippen LogP) is 2.65. The SMILES string of the molecule is C=C1C(=NCc2ccccn2)N=C(c2cnc(OC(C)C)c(S(=O)(=O)NC(C)(C)C)c2)NN1C. The van der Waals surface area contributed by atoms with Crippen LogP contribution in [0, 0.1) is 0 Å². The van der Waals surface area contributed by atoms with E-state index in [2.05, 4.69) is 36.7 Å². The maximum Gasteiger partial charge on any atom is 0.246 e. The van der Waals surface area contributed by atoms with Crippen LogP contribution in [0.3, 0.4) is 0 Å². The third-order valence-corrected chi connectivity index (χ3v) is 6.19. The van der Waals surface area contributed by atoms with Crippen LogP contribution in [0.1, 0.15) is 45.9 Å². The first-order valence-electron chi connectivity index (χ1n) is 10.8. The van der Waals surface area contributed by atoms with E-state index in [1.165, 1.54) is 12.3 Å². The lowest BCUT2D eigenvalue weighted by atomic mass is 10.1. The van der Waals surface area contributed by atoms with Gasteiger partial charge in [-0.15, -0.1) is 0 Å². The summed E-state index contributed by atoms with van der Waals surface area (Å²) in [7, 11) is -2.16. The molecule has 0 radical (unpaired) electrons. The average Bonchev–Trinajstić information content (AvgIpc) is 2.73. The second kappa shape index (κ2) is 9.90. The van der Waals surface area contributed by atoms with Crippen molar-refractivity contribution in [2.24, 2.45) is 9.98 Å². The maximum atomic E-state index is 13.2. The highest BCUT2D eigenvalue weighted by Crippen LogP contribution is 2.25. The van der Waals surface area contributed by atoms with Gasteiger partial charge < -0.3 is 4.74 Å². The number of nitrogens with one attached hydrogen (secondary N) is 2. The molecule has 0 saturated carbocycles. The summed E-state index contributed by atoms with van der Waals surface area (Å²) in [5, 5.41) is 1.67. The van der Waals surface area contributed by atoms with E-state index in [9.17, 15) is 8.42 Å². The smallest absolute Gasteiger partial charge is 0.246 e. The topological polar surface area (TPSA) is 121 Å². The summed E-state index contributed by atoms with van der Waals surface area (Å²) < 4.78 is 34.7. The molecular weight excluding hydrogens is 454 g/mol. The molecule has 0 saturated heterocycles. The van der Waals surface area contributed by atoms with Gasteiger partial charge in [0.15, 0.2) is 11.7 Å². The number of hydrogen-bond acceptors (Lipinski definition) is 8. The number of sulfonamides is 1. The molecule has 3 rings (SSSR count). The molecule has 34 heavy (non-hydrogen) atoms. The Kier molecular flexibility index (Phi) is 7.37. The van der Waals surface area contributed by atoms with E-state index < -0.39 is 15.6 Å². The first-order chi connectivity index (χ1) is 15.9. The molecule has 0 spiro atoms. The van der Waals surface area contributed by atoms with Crippen molar-refractivity contribution in [3.63, 3.8) is 0 Å². The summed E-state index contributed by atoms with van der Waals surface area (Å²) >= 11 is 0.